The van der Waals surface area contributed by atoms with E-state index in [1.807, 2.05) is 59.5 Å². The second-order valence-electron chi connectivity index (χ2n) is 9.36. The quantitative estimate of drug-likeness (QED) is 0.437. The van der Waals surface area contributed by atoms with Crippen LogP contribution in [0.25, 0.3) is 22.2 Å². The number of amides is 1. The van der Waals surface area contributed by atoms with Crippen LogP contribution in [0, 0.1) is 17.7 Å². The number of carbonyl (C=O) groups excluding carboxylic acids is 1. The van der Waals surface area contributed by atoms with Gasteiger partial charge in [-0.2, -0.15) is 0 Å². The summed E-state index contributed by atoms with van der Waals surface area (Å²) in [6.45, 7) is 3.15. The zero-order chi connectivity index (χ0) is 23.1. The number of piperidine rings is 2. The minimum Gasteiger partial charge on any atom is -0.355 e. The lowest BCUT2D eigenvalue weighted by molar-refractivity contribution is 0.0565. The Morgan fingerprint density at radius 2 is 1.59 bits per heavy atom. The summed E-state index contributed by atoms with van der Waals surface area (Å²) in [5.41, 5.74) is 4.06. The lowest BCUT2D eigenvalue weighted by Crippen LogP contribution is -2.54. The average Bonchev–Trinajstić information content (AvgIpc) is 2.88. The highest BCUT2D eigenvalue weighted by Gasteiger charge is 2.37. The Hall–Kier alpha value is -3.80. The van der Waals surface area contributed by atoms with Crippen LogP contribution >= 0.6 is 0 Å². The van der Waals surface area contributed by atoms with Gasteiger partial charge in [0.1, 0.15) is 11.6 Å². The molecule has 6 heteroatoms. The highest BCUT2D eigenvalue weighted by Crippen LogP contribution is 2.33. The summed E-state index contributed by atoms with van der Waals surface area (Å²) in [7, 11) is 0. The fourth-order valence-corrected chi connectivity index (χ4v) is 5.47. The zero-order valence-corrected chi connectivity index (χ0v) is 18.8. The molecule has 0 radical (unpaired) electrons. The van der Waals surface area contributed by atoms with Crippen molar-refractivity contribution < 1.29 is 9.18 Å². The Balaban J connectivity index is 1.21. The van der Waals surface area contributed by atoms with Crippen LogP contribution in [-0.4, -0.2) is 47.0 Å². The van der Waals surface area contributed by atoms with Crippen molar-refractivity contribution in [3.63, 3.8) is 0 Å². The normalized spacial score (nSPS) is 19.9. The molecule has 2 bridgehead atoms. The summed E-state index contributed by atoms with van der Waals surface area (Å²) in [5, 5.41) is 0. The summed E-state index contributed by atoms with van der Waals surface area (Å²) in [5.74, 6) is 1.39. The molecular weight excluding hydrogens is 427 g/mol. The first-order valence-corrected chi connectivity index (χ1v) is 11.7. The topological polar surface area (TPSA) is 49.3 Å². The van der Waals surface area contributed by atoms with Gasteiger partial charge < -0.3 is 9.80 Å². The van der Waals surface area contributed by atoms with E-state index in [0.29, 0.717) is 22.9 Å². The van der Waals surface area contributed by atoms with Crippen LogP contribution < -0.4 is 4.90 Å². The number of fused-ring (bicyclic) bond motifs is 3. The zero-order valence-electron chi connectivity index (χ0n) is 18.8. The third-order valence-electron chi connectivity index (χ3n) is 6.93. The minimum atomic E-state index is -0.305. The van der Waals surface area contributed by atoms with E-state index < -0.39 is 0 Å². The Morgan fingerprint density at radius 1 is 0.853 bits per heavy atom. The summed E-state index contributed by atoms with van der Waals surface area (Å²) in [6.07, 6.45) is 2.86. The molecule has 1 aromatic heterocycles. The number of likely N-dealkylation sites (tertiary alicyclic amines) is 1. The maximum Gasteiger partial charge on any atom is 0.254 e. The van der Waals surface area contributed by atoms with Gasteiger partial charge in [-0.1, -0.05) is 48.5 Å². The van der Waals surface area contributed by atoms with Crippen LogP contribution in [0.5, 0.6) is 0 Å². The average molecular weight is 453 g/mol. The van der Waals surface area contributed by atoms with Gasteiger partial charge in [-0.15, -0.1) is 0 Å². The molecular formula is C28H25FN4O. The summed E-state index contributed by atoms with van der Waals surface area (Å²) < 4.78 is 13.5. The molecule has 34 heavy (non-hydrogen) atoms. The number of rotatable bonds is 3. The second kappa shape index (κ2) is 8.52. The van der Waals surface area contributed by atoms with E-state index in [-0.39, 0.29) is 11.7 Å². The predicted octanol–water partition coefficient (Wildman–Crippen LogP) is 5.03. The van der Waals surface area contributed by atoms with Gasteiger partial charge in [-0.3, -0.25) is 9.78 Å². The van der Waals surface area contributed by atoms with Crippen molar-refractivity contribution in [3.05, 3.63) is 90.4 Å². The standard InChI is InChI=1S/C28H25FN4O/c29-22-10-11-25-26(13-22)30-14-27(31-25)32-15-19-12-20(16-32)18-33(17-19)28(34)24-9-5-4-8-23(24)21-6-2-1-3-7-21/h1-11,13-14,19-20H,12,15-18H2. The van der Waals surface area contributed by atoms with Gasteiger partial charge in [0.05, 0.1) is 17.2 Å². The number of aromatic nitrogens is 2. The monoisotopic (exact) mass is 452 g/mol. The van der Waals surface area contributed by atoms with Crippen LogP contribution in [0.3, 0.4) is 0 Å². The van der Waals surface area contributed by atoms with Crippen molar-refractivity contribution in [1.29, 1.82) is 0 Å². The Labute approximate surface area is 197 Å². The molecule has 2 fully saturated rings. The Kier molecular flexibility index (Phi) is 5.21. The van der Waals surface area contributed by atoms with Gasteiger partial charge in [-0.25, -0.2) is 9.37 Å². The van der Waals surface area contributed by atoms with Gasteiger partial charge in [-0.05, 0) is 47.6 Å². The Bertz CT molecular complexity index is 1350. The van der Waals surface area contributed by atoms with Gasteiger partial charge in [0, 0.05) is 37.8 Å². The highest BCUT2D eigenvalue weighted by atomic mass is 19.1. The first kappa shape index (κ1) is 20.8. The molecule has 0 N–H and O–H groups in total. The van der Waals surface area contributed by atoms with Crippen molar-refractivity contribution in [3.8, 4) is 11.1 Å². The molecule has 170 valence electrons. The summed E-state index contributed by atoms with van der Waals surface area (Å²) in [4.78, 5) is 27.1. The molecule has 4 aromatic rings. The second-order valence-corrected chi connectivity index (χ2v) is 9.36. The first-order valence-electron chi connectivity index (χ1n) is 11.7. The number of nitrogens with zero attached hydrogens (tertiary/aromatic N) is 4. The molecule has 2 atom stereocenters. The van der Waals surface area contributed by atoms with Crippen molar-refractivity contribution in [2.24, 2.45) is 11.8 Å². The van der Waals surface area contributed by atoms with Crippen molar-refractivity contribution in [2.45, 2.75) is 6.42 Å². The molecule has 1 amide bonds. The van der Waals surface area contributed by atoms with Crippen molar-refractivity contribution in [2.75, 3.05) is 31.1 Å². The SMILES string of the molecule is O=C(c1ccccc1-c1ccccc1)N1CC2CC(C1)CN(c1cnc3cc(F)ccc3n1)C2. The van der Waals surface area contributed by atoms with Crippen LogP contribution in [-0.2, 0) is 0 Å². The third-order valence-corrected chi connectivity index (χ3v) is 6.93. The van der Waals surface area contributed by atoms with E-state index in [0.717, 1.165) is 55.1 Å². The number of halogens is 1. The van der Waals surface area contributed by atoms with E-state index in [4.69, 9.17) is 4.98 Å². The molecule has 2 saturated heterocycles. The van der Waals surface area contributed by atoms with Gasteiger partial charge in [0.2, 0.25) is 0 Å². The first-order chi connectivity index (χ1) is 16.6. The molecule has 3 aromatic carbocycles. The fraction of sp³-hybridized carbons (Fsp3) is 0.250. The van der Waals surface area contributed by atoms with E-state index in [1.165, 1.54) is 12.1 Å². The molecule has 2 unspecified atom stereocenters. The predicted molar refractivity (Wildman–Crippen MR) is 131 cm³/mol. The van der Waals surface area contributed by atoms with E-state index >= 15 is 0 Å². The lowest BCUT2D eigenvalue weighted by atomic mass is 9.84. The fourth-order valence-electron chi connectivity index (χ4n) is 5.47. The molecule has 5 nitrogen and oxygen atoms in total. The maximum atomic E-state index is 13.6. The lowest BCUT2D eigenvalue weighted by Gasteiger charge is -2.46. The molecule has 3 heterocycles. The number of benzene rings is 3. The van der Waals surface area contributed by atoms with Crippen molar-refractivity contribution >= 4 is 22.8 Å². The van der Waals surface area contributed by atoms with Crippen LogP contribution in [0.15, 0.2) is 79.0 Å². The van der Waals surface area contributed by atoms with Crippen LogP contribution in [0.2, 0.25) is 0 Å². The van der Waals surface area contributed by atoms with E-state index in [9.17, 15) is 9.18 Å². The van der Waals surface area contributed by atoms with Gasteiger partial charge in [0.25, 0.3) is 5.91 Å². The van der Waals surface area contributed by atoms with E-state index in [2.05, 4.69) is 9.88 Å². The summed E-state index contributed by atoms with van der Waals surface area (Å²) in [6, 6.07) is 22.5. The maximum absolute atomic E-state index is 13.6. The van der Waals surface area contributed by atoms with Gasteiger partial charge >= 0.3 is 0 Å². The minimum absolute atomic E-state index is 0.107. The number of hydrogen-bond acceptors (Lipinski definition) is 4. The van der Waals surface area contributed by atoms with E-state index in [1.54, 1.807) is 12.3 Å². The number of hydrogen-bond donors (Lipinski definition) is 0. The Morgan fingerprint density at radius 3 is 2.38 bits per heavy atom. The van der Waals surface area contributed by atoms with Gasteiger partial charge in [0.15, 0.2) is 0 Å². The third kappa shape index (κ3) is 3.89. The molecule has 2 aliphatic rings. The van der Waals surface area contributed by atoms with Crippen molar-refractivity contribution in [1.82, 2.24) is 14.9 Å². The molecule has 6 rings (SSSR count). The molecule has 0 spiro atoms. The largest absolute Gasteiger partial charge is 0.355 e. The smallest absolute Gasteiger partial charge is 0.254 e. The molecule has 2 aliphatic heterocycles. The van der Waals surface area contributed by atoms with Crippen LogP contribution in [0.1, 0.15) is 16.8 Å². The highest BCUT2D eigenvalue weighted by molar-refractivity contribution is 6.01. The number of anilines is 1. The molecule has 0 saturated carbocycles. The molecule has 0 aliphatic carbocycles. The summed E-state index contributed by atoms with van der Waals surface area (Å²) >= 11 is 0. The van der Waals surface area contributed by atoms with Crippen LogP contribution in [0.4, 0.5) is 10.2 Å². The number of carbonyl (C=O) groups is 1.